The van der Waals surface area contributed by atoms with Gasteiger partial charge in [-0.25, -0.2) is 13.8 Å². The van der Waals surface area contributed by atoms with Crippen LogP contribution in [0, 0.1) is 18.6 Å². The molecular weight excluding hydrogens is 310 g/mol. The Hall–Kier alpha value is -2.43. The molecule has 24 heavy (non-hydrogen) atoms. The average Bonchev–Trinajstić information content (AvgIpc) is 2.45. The van der Waals surface area contributed by atoms with Gasteiger partial charge in [-0.05, 0) is 57.5 Å². The van der Waals surface area contributed by atoms with Crippen molar-refractivity contribution >= 4 is 11.4 Å². The predicted molar refractivity (Wildman–Crippen MR) is 92.0 cm³/mol. The van der Waals surface area contributed by atoms with Gasteiger partial charge < -0.3 is 10.1 Å². The van der Waals surface area contributed by atoms with Gasteiger partial charge in [-0.3, -0.25) is 0 Å². The van der Waals surface area contributed by atoms with E-state index in [1.807, 2.05) is 20.8 Å². The van der Waals surface area contributed by atoms with E-state index in [2.05, 4.69) is 10.3 Å². The summed E-state index contributed by atoms with van der Waals surface area (Å²) < 4.78 is 34.1. The van der Waals surface area contributed by atoms with Gasteiger partial charge in [0.05, 0.1) is 11.3 Å². The van der Waals surface area contributed by atoms with Gasteiger partial charge in [-0.1, -0.05) is 0 Å². The maximum Gasteiger partial charge on any atom is 0.195 e. The molecule has 0 aliphatic carbocycles. The second-order valence-corrected chi connectivity index (χ2v) is 6.33. The Labute approximate surface area is 140 Å². The molecular formula is C19H20F2N2O. The van der Waals surface area contributed by atoms with Gasteiger partial charge in [0, 0.05) is 23.9 Å². The van der Waals surface area contributed by atoms with Crippen LogP contribution >= 0.6 is 0 Å². The van der Waals surface area contributed by atoms with Crippen LogP contribution in [0.2, 0.25) is 0 Å². The van der Waals surface area contributed by atoms with Gasteiger partial charge in [0.1, 0.15) is 17.4 Å². The molecule has 0 amide bonds. The highest BCUT2D eigenvalue weighted by Crippen LogP contribution is 2.37. The lowest BCUT2D eigenvalue weighted by atomic mass is 9.95. The molecule has 0 fully saturated rings. The third-order valence-corrected chi connectivity index (χ3v) is 3.86. The van der Waals surface area contributed by atoms with Gasteiger partial charge in [-0.2, -0.15) is 0 Å². The van der Waals surface area contributed by atoms with E-state index >= 15 is 0 Å². The van der Waals surface area contributed by atoms with Crippen LogP contribution in [0.5, 0.6) is 5.75 Å². The molecule has 0 saturated carbocycles. The standard InChI is InChI=1S/C19H20F2N2O/c1-5-22-13-9-15(21)17-16(10-13)24-19(3,4)23-18(17)14-7-6-12(20)8-11(14)2/h6-10,22H,5H2,1-4H3. The largest absolute Gasteiger partial charge is 0.466 e. The molecule has 0 aromatic heterocycles. The molecule has 5 heteroatoms. The summed E-state index contributed by atoms with van der Waals surface area (Å²) >= 11 is 0. The van der Waals surface area contributed by atoms with Gasteiger partial charge >= 0.3 is 0 Å². The van der Waals surface area contributed by atoms with E-state index in [1.165, 1.54) is 18.2 Å². The molecule has 1 heterocycles. The molecule has 0 saturated heterocycles. The van der Waals surface area contributed by atoms with Crippen LogP contribution in [-0.2, 0) is 0 Å². The summed E-state index contributed by atoms with van der Waals surface area (Å²) in [6.07, 6.45) is 0. The lowest BCUT2D eigenvalue weighted by Crippen LogP contribution is -2.33. The van der Waals surface area contributed by atoms with Crippen molar-refractivity contribution in [1.29, 1.82) is 0 Å². The zero-order valence-corrected chi connectivity index (χ0v) is 14.2. The number of halogens is 2. The van der Waals surface area contributed by atoms with Crippen molar-refractivity contribution in [1.82, 2.24) is 0 Å². The van der Waals surface area contributed by atoms with Gasteiger partial charge in [0.15, 0.2) is 5.72 Å². The lowest BCUT2D eigenvalue weighted by Gasteiger charge is -2.31. The minimum Gasteiger partial charge on any atom is -0.466 e. The Balaban J connectivity index is 2.22. The zero-order valence-electron chi connectivity index (χ0n) is 14.2. The van der Waals surface area contributed by atoms with Gasteiger partial charge in [0.2, 0.25) is 0 Å². The van der Waals surface area contributed by atoms with E-state index in [1.54, 1.807) is 19.1 Å². The Kier molecular flexibility index (Phi) is 4.03. The Morgan fingerprint density at radius 2 is 1.92 bits per heavy atom. The third kappa shape index (κ3) is 2.98. The number of hydrogen-bond acceptors (Lipinski definition) is 3. The van der Waals surface area contributed by atoms with Crippen LogP contribution in [0.15, 0.2) is 35.3 Å². The van der Waals surface area contributed by atoms with Crippen LogP contribution in [-0.4, -0.2) is 18.0 Å². The fourth-order valence-corrected chi connectivity index (χ4v) is 2.90. The first-order valence-corrected chi connectivity index (χ1v) is 7.94. The number of fused-ring (bicyclic) bond motifs is 1. The third-order valence-electron chi connectivity index (χ3n) is 3.86. The van der Waals surface area contributed by atoms with E-state index in [9.17, 15) is 8.78 Å². The highest BCUT2D eigenvalue weighted by atomic mass is 19.1. The molecule has 0 atom stereocenters. The maximum atomic E-state index is 14.8. The molecule has 2 aromatic carbocycles. The summed E-state index contributed by atoms with van der Waals surface area (Å²) in [4.78, 5) is 4.56. The van der Waals surface area contributed by atoms with Crippen LogP contribution in [0.3, 0.4) is 0 Å². The summed E-state index contributed by atoms with van der Waals surface area (Å²) in [7, 11) is 0. The number of ether oxygens (including phenoxy) is 1. The average molecular weight is 330 g/mol. The van der Waals surface area contributed by atoms with Gasteiger partial charge in [-0.15, -0.1) is 0 Å². The topological polar surface area (TPSA) is 33.6 Å². The molecule has 0 bridgehead atoms. The van der Waals surface area contributed by atoms with Crippen molar-refractivity contribution in [2.45, 2.75) is 33.4 Å². The second kappa shape index (κ2) is 5.89. The molecule has 1 aliphatic heterocycles. The Morgan fingerprint density at radius 1 is 1.17 bits per heavy atom. The van der Waals surface area contributed by atoms with Crippen molar-refractivity contribution in [2.75, 3.05) is 11.9 Å². The fraction of sp³-hybridized carbons (Fsp3) is 0.316. The molecule has 1 aliphatic rings. The van der Waals surface area contributed by atoms with E-state index < -0.39 is 11.5 Å². The molecule has 0 radical (unpaired) electrons. The number of aliphatic imine (C=N–C) groups is 1. The molecule has 1 N–H and O–H groups in total. The van der Waals surface area contributed by atoms with E-state index in [4.69, 9.17) is 4.74 Å². The SMILES string of the molecule is CCNc1cc(F)c2c(c1)OC(C)(C)N=C2c1ccc(F)cc1C. The second-order valence-electron chi connectivity index (χ2n) is 6.33. The first-order chi connectivity index (χ1) is 11.3. The number of anilines is 1. The van der Waals surface area contributed by atoms with Crippen LogP contribution < -0.4 is 10.1 Å². The Bertz CT molecular complexity index is 828. The van der Waals surface area contributed by atoms with Crippen molar-refractivity contribution in [3.63, 3.8) is 0 Å². The van der Waals surface area contributed by atoms with Crippen LogP contribution in [0.4, 0.5) is 14.5 Å². The number of benzene rings is 2. The number of hydrogen-bond donors (Lipinski definition) is 1. The maximum absolute atomic E-state index is 14.8. The number of nitrogens with one attached hydrogen (secondary N) is 1. The minimum atomic E-state index is -0.833. The summed E-state index contributed by atoms with van der Waals surface area (Å²) in [5, 5.41) is 3.09. The van der Waals surface area contributed by atoms with Crippen molar-refractivity contribution in [3.05, 3.63) is 58.7 Å². The van der Waals surface area contributed by atoms with Crippen LogP contribution in [0.25, 0.3) is 0 Å². The highest BCUT2D eigenvalue weighted by molar-refractivity contribution is 6.16. The summed E-state index contributed by atoms with van der Waals surface area (Å²) in [5.74, 6) is -0.308. The normalized spacial score (nSPS) is 15.3. The number of aryl methyl sites for hydroxylation is 1. The first-order valence-electron chi connectivity index (χ1n) is 7.94. The fourth-order valence-electron chi connectivity index (χ4n) is 2.90. The summed E-state index contributed by atoms with van der Waals surface area (Å²) in [6.45, 7) is 8.03. The molecule has 0 unspecified atom stereocenters. The molecule has 0 spiro atoms. The highest BCUT2D eigenvalue weighted by Gasteiger charge is 2.32. The predicted octanol–water partition coefficient (Wildman–Crippen LogP) is 4.67. The summed E-state index contributed by atoms with van der Waals surface area (Å²) in [6, 6.07) is 7.62. The molecule has 3 nitrogen and oxygen atoms in total. The number of rotatable bonds is 3. The first kappa shape index (κ1) is 16.4. The van der Waals surface area contributed by atoms with Gasteiger partial charge in [0.25, 0.3) is 0 Å². The van der Waals surface area contributed by atoms with E-state index in [0.717, 1.165) is 0 Å². The van der Waals surface area contributed by atoms with E-state index in [0.29, 0.717) is 40.4 Å². The van der Waals surface area contributed by atoms with Crippen molar-refractivity contribution < 1.29 is 13.5 Å². The summed E-state index contributed by atoms with van der Waals surface area (Å²) in [5.41, 5.74) is 2.02. The molecule has 126 valence electrons. The quantitative estimate of drug-likeness (QED) is 0.887. The molecule has 2 aromatic rings. The Morgan fingerprint density at radius 3 is 2.58 bits per heavy atom. The number of nitrogens with zero attached hydrogens (tertiary/aromatic N) is 1. The van der Waals surface area contributed by atoms with Crippen LogP contribution in [0.1, 0.15) is 37.5 Å². The minimum absolute atomic E-state index is 0.311. The lowest BCUT2D eigenvalue weighted by molar-refractivity contribution is 0.115. The molecule has 3 rings (SSSR count). The zero-order chi connectivity index (χ0) is 17.5. The smallest absolute Gasteiger partial charge is 0.195 e. The monoisotopic (exact) mass is 330 g/mol. The van der Waals surface area contributed by atoms with Crippen molar-refractivity contribution in [3.8, 4) is 5.75 Å². The van der Waals surface area contributed by atoms with Crippen molar-refractivity contribution in [2.24, 2.45) is 4.99 Å². The van der Waals surface area contributed by atoms with E-state index in [-0.39, 0.29) is 5.82 Å².